The molecule has 1 aliphatic carbocycles. The van der Waals surface area contributed by atoms with Crippen LogP contribution in [0.5, 0.6) is 0 Å². The summed E-state index contributed by atoms with van der Waals surface area (Å²) in [5.74, 6) is 0. The predicted molar refractivity (Wildman–Crippen MR) is 96.4 cm³/mol. The molecule has 1 fully saturated rings. The number of hydrogen-bond donors (Lipinski definition) is 0. The molecule has 122 valence electrons. The van der Waals surface area contributed by atoms with Gasteiger partial charge in [0.2, 0.25) is 0 Å². The number of hydrogen-bond acceptors (Lipinski definition) is 3. The molecular formula is C20H20N2O2. The lowest BCUT2D eigenvalue weighted by Crippen LogP contribution is -2.41. The summed E-state index contributed by atoms with van der Waals surface area (Å²) in [4.78, 5) is 12.9. The van der Waals surface area contributed by atoms with Gasteiger partial charge in [0.15, 0.2) is 0 Å². The van der Waals surface area contributed by atoms with Crippen LogP contribution in [0.1, 0.15) is 29.5 Å². The first kappa shape index (κ1) is 14.9. The van der Waals surface area contributed by atoms with Crippen molar-refractivity contribution in [2.45, 2.75) is 25.2 Å². The molecule has 4 heteroatoms. The first-order chi connectivity index (χ1) is 11.6. The molecule has 0 atom stereocenters. The van der Waals surface area contributed by atoms with Crippen molar-refractivity contribution in [3.05, 3.63) is 75.3 Å². The molecule has 1 aliphatic heterocycles. The number of aryl methyl sites for hydroxylation is 1. The Morgan fingerprint density at radius 3 is 2.58 bits per heavy atom. The molecular weight excluding hydrogens is 300 g/mol. The van der Waals surface area contributed by atoms with Crippen molar-refractivity contribution in [2.24, 2.45) is 0 Å². The Balaban J connectivity index is 1.55. The molecule has 1 saturated heterocycles. The van der Waals surface area contributed by atoms with Gasteiger partial charge in [0, 0.05) is 36.3 Å². The zero-order valence-corrected chi connectivity index (χ0v) is 13.7. The normalized spacial score (nSPS) is 18.0. The van der Waals surface area contributed by atoms with Crippen LogP contribution in [0, 0.1) is 17.0 Å². The Morgan fingerprint density at radius 1 is 1.12 bits per heavy atom. The predicted octanol–water partition coefficient (Wildman–Crippen LogP) is 4.47. The summed E-state index contributed by atoms with van der Waals surface area (Å²) >= 11 is 0. The van der Waals surface area contributed by atoms with E-state index in [9.17, 15) is 10.1 Å². The highest BCUT2D eigenvalue weighted by Gasteiger charge is 2.38. The number of nitro benzene ring substituents is 1. The molecule has 0 aromatic heterocycles. The van der Waals surface area contributed by atoms with Crippen LogP contribution in [-0.2, 0) is 5.41 Å². The Morgan fingerprint density at radius 2 is 1.88 bits per heavy atom. The molecule has 0 bridgehead atoms. The number of non-ortho nitro benzene ring substituents is 1. The van der Waals surface area contributed by atoms with E-state index in [1.807, 2.05) is 13.0 Å². The number of nitrogens with zero attached hydrogens (tertiary/aromatic N) is 2. The van der Waals surface area contributed by atoms with Crippen LogP contribution in [-0.4, -0.2) is 18.0 Å². The maximum atomic E-state index is 10.9. The van der Waals surface area contributed by atoms with Gasteiger partial charge in [-0.1, -0.05) is 36.4 Å². The van der Waals surface area contributed by atoms with Crippen molar-refractivity contribution in [1.82, 2.24) is 0 Å². The number of benzene rings is 2. The van der Waals surface area contributed by atoms with Crippen molar-refractivity contribution in [2.75, 3.05) is 18.0 Å². The summed E-state index contributed by atoms with van der Waals surface area (Å²) in [7, 11) is 0. The Bertz CT molecular complexity index is 833. The molecule has 1 spiro atoms. The van der Waals surface area contributed by atoms with Gasteiger partial charge in [-0.05, 0) is 42.5 Å². The number of anilines is 1. The van der Waals surface area contributed by atoms with Crippen molar-refractivity contribution < 1.29 is 4.92 Å². The number of nitro groups is 1. The second-order valence-electron chi connectivity index (χ2n) is 6.79. The second-order valence-corrected chi connectivity index (χ2v) is 6.79. The first-order valence-electron chi connectivity index (χ1n) is 8.38. The van der Waals surface area contributed by atoms with Gasteiger partial charge in [-0.25, -0.2) is 0 Å². The molecule has 2 aromatic carbocycles. The third-order valence-corrected chi connectivity index (χ3v) is 5.47. The van der Waals surface area contributed by atoms with E-state index in [0.717, 1.165) is 37.2 Å². The average molecular weight is 320 g/mol. The van der Waals surface area contributed by atoms with Crippen LogP contribution in [0.25, 0.3) is 6.08 Å². The molecule has 2 aliphatic rings. The van der Waals surface area contributed by atoms with Gasteiger partial charge in [0.05, 0.1) is 4.92 Å². The van der Waals surface area contributed by atoms with E-state index in [2.05, 4.69) is 41.3 Å². The topological polar surface area (TPSA) is 46.4 Å². The van der Waals surface area contributed by atoms with Gasteiger partial charge in [-0.15, -0.1) is 0 Å². The van der Waals surface area contributed by atoms with Crippen molar-refractivity contribution >= 4 is 17.5 Å². The van der Waals surface area contributed by atoms with Gasteiger partial charge in [0.25, 0.3) is 5.69 Å². The van der Waals surface area contributed by atoms with E-state index < -0.39 is 0 Å². The van der Waals surface area contributed by atoms with Gasteiger partial charge >= 0.3 is 0 Å². The van der Waals surface area contributed by atoms with Crippen molar-refractivity contribution in [3.63, 3.8) is 0 Å². The minimum atomic E-state index is -0.331. The molecule has 0 unspecified atom stereocenters. The number of piperidine rings is 1. The summed E-state index contributed by atoms with van der Waals surface area (Å²) < 4.78 is 0. The summed E-state index contributed by atoms with van der Waals surface area (Å²) in [6.07, 6.45) is 6.79. The number of rotatable bonds is 2. The Labute approximate surface area is 141 Å². The summed E-state index contributed by atoms with van der Waals surface area (Å²) in [6.45, 7) is 3.89. The maximum absolute atomic E-state index is 10.9. The Kier molecular flexibility index (Phi) is 3.41. The lowest BCUT2D eigenvalue weighted by molar-refractivity contribution is -0.384. The van der Waals surface area contributed by atoms with E-state index in [4.69, 9.17) is 0 Å². The third kappa shape index (κ3) is 2.30. The highest BCUT2D eigenvalue weighted by molar-refractivity contribution is 5.66. The first-order valence-corrected chi connectivity index (χ1v) is 8.38. The van der Waals surface area contributed by atoms with Gasteiger partial charge in [-0.2, -0.15) is 0 Å². The fraction of sp³-hybridized carbons (Fsp3) is 0.300. The molecule has 1 heterocycles. The van der Waals surface area contributed by atoms with Crippen LogP contribution in [0.3, 0.4) is 0 Å². The molecule has 0 N–H and O–H groups in total. The van der Waals surface area contributed by atoms with E-state index in [-0.39, 0.29) is 16.0 Å². The van der Waals surface area contributed by atoms with Crippen LogP contribution in [0.4, 0.5) is 11.4 Å². The molecule has 0 radical (unpaired) electrons. The van der Waals surface area contributed by atoms with E-state index in [0.29, 0.717) is 0 Å². The lowest BCUT2D eigenvalue weighted by atomic mass is 9.74. The van der Waals surface area contributed by atoms with Crippen LogP contribution < -0.4 is 4.90 Å². The summed E-state index contributed by atoms with van der Waals surface area (Å²) in [5.41, 5.74) is 5.22. The highest BCUT2D eigenvalue weighted by atomic mass is 16.6. The molecule has 0 amide bonds. The average Bonchev–Trinajstić information content (AvgIpc) is 2.95. The molecule has 24 heavy (non-hydrogen) atoms. The second kappa shape index (κ2) is 5.48. The number of fused-ring (bicyclic) bond motifs is 2. The minimum absolute atomic E-state index is 0.164. The van der Waals surface area contributed by atoms with Crippen LogP contribution >= 0.6 is 0 Å². The SMILES string of the molecule is Cc1cc([N+](=O)[O-])ccc1N1CCC2(C=Cc3ccccc32)CC1. The van der Waals surface area contributed by atoms with Gasteiger partial charge < -0.3 is 4.90 Å². The smallest absolute Gasteiger partial charge is 0.269 e. The largest absolute Gasteiger partial charge is 0.371 e. The standard InChI is InChI=1S/C20H20N2O2/c1-15-14-17(22(23)24)6-7-19(15)21-12-10-20(11-13-21)9-8-16-4-2-3-5-18(16)20/h2-9,14H,10-13H2,1H3. The molecule has 4 nitrogen and oxygen atoms in total. The van der Waals surface area contributed by atoms with Crippen molar-refractivity contribution in [3.8, 4) is 0 Å². The summed E-state index contributed by atoms with van der Waals surface area (Å²) in [5, 5.41) is 10.9. The van der Waals surface area contributed by atoms with E-state index in [1.54, 1.807) is 12.1 Å². The zero-order chi connectivity index (χ0) is 16.7. The Hall–Kier alpha value is -2.62. The van der Waals surface area contributed by atoms with Crippen LogP contribution in [0.15, 0.2) is 48.5 Å². The monoisotopic (exact) mass is 320 g/mol. The van der Waals surface area contributed by atoms with E-state index >= 15 is 0 Å². The summed E-state index contributed by atoms with van der Waals surface area (Å²) in [6, 6.07) is 13.8. The van der Waals surface area contributed by atoms with Crippen LogP contribution in [0.2, 0.25) is 0 Å². The van der Waals surface area contributed by atoms with Crippen molar-refractivity contribution in [1.29, 1.82) is 0 Å². The minimum Gasteiger partial charge on any atom is -0.371 e. The quantitative estimate of drug-likeness (QED) is 0.606. The van der Waals surface area contributed by atoms with Gasteiger partial charge in [-0.3, -0.25) is 10.1 Å². The highest BCUT2D eigenvalue weighted by Crippen LogP contribution is 2.44. The zero-order valence-electron chi connectivity index (χ0n) is 13.7. The third-order valence-electron chi connectivity index (χ3n) is 5.47. The fourth-order valence-electron chi connectivity index (χ4n) is 4.13. The maximum Gasteiger partial charge on any atom is 0.269 e. The molecule has 0 saturated carbocycles. The molecule has 4 rings (SSSR count). The lowest BCUT2D eigenvalue weighted by Gasteiger charge is -2.40. The number of allylic oxidation sites excluding steroid dienone is 1. The fourth-order valence-corrected chi connectivity index (χ4v) is 4.13. The molecule has 2 aromatic rings. The van der Waals surface area contributed by atoms with Gasteiger partial charge in [0.1, 0.15) is 0 Å². The van der Waals surface area contributed by atoms with E-state index in [1.165, 1.54) is 11.1 Å².